The van der Waals surface area contributed by atoms with Crippen molar-refractivity contribution in [3.8, 4) is 0 Å². The minimum Gasteiger partial charge on any atom is -0.381 e. The molecule has 2 aromatic rings. The highest BCUT2D eigenvalue weighted by Crippen LogP contribution is 2.30. The molecule has 5 nitrogen and oxygen atoms in total. The van der Waals surface area contributed by atoms with Gasteiger partial charge in [-0.3, -0.25) is 4.79 Å². The lowest BCUT2D eigenvalue weighted by Gasteiger charge is -2.14. The average molecular weight is 314 g/mol. The van der Waals surface area contributed by atoms with Gasteiger partial charge in [-0.1, -0.05) is 13.8 Å². The second kappa shape index (κ2) is 6.32. The number of carbonyl (C=O) groups is 1. The molecule has 0 unspecified atom stereocenters. The molecular weight excluding hydrogens is 295 g/mol. The molecule has 1 aliphatic carbocycles. The molecule has 3 rings (SSSR count). The molecule has 23 heavy (non-hydrogen) atoms. The molecule has 0 aliphatic heterocycles. The highest BCUT2D eigenvalue weighted by molar-refractivity contribution is 6.06. The van der Waals surface area contributed by atoms with E-state index in [9.17, 15) is 9.18 Å². The van der Waals surface area contributed by atoms with Gasteiger partial charge in [0.2, 0.25) is 0 Å². The number of aromatic nitrogens is 2. The van der Waals surface area contributed by atoms with Crippen molar-refractivity contribution < 1.29 is 9.18 Å². The third-order valence-corrected chi connectivity index (χ3v) is 3.70. The minimum atomic E-state index is -0.336. The van der Waals surface area contributed by atoms with E-state index in [1.807, 2.05) is 13.8 Å². The number of hydrogen-bond donors (Lipinski definition) is 2. The maximum Gasteiger partial charge on any atom is 0.259 e. The van der Waals surface area contributed by atoms with Crippen LogP contribution < -0.4 is 10.6 Å². The zero-order chi connectivity index (χ0) is 16.4. The van der Waals surface area contributed by atoms with Gasteiger partial charge in [0.15, 0.2) is 0 Å². The zero-order valence-corrected chi connectivity index (χ0v) is 13.1. The van der Waals surface area contributed by atoms with Crippen LogP contribution in [-0.4, -0.2) is 21.9 Å². The number of nitrogens with zero attached hydrogens (tertiary/aromatic N) is 2. The number of benzene rings is 1. The summed E-state index contributed by atoms with van der Waals surface area (Å²) in [6, 6.07) is 4.66. The Morgan fingerprint density at radius 3 is 2.78 bits per heavy atom. The lowest BCUT2D eigenvalue weighted by molar-refractivity contribution is 0.102. The summed E-state index contributed by atoms with van der Waals surface area (Å²) in [5.74, 6) is -0.521. The van der Waals surface area contributed by atoms with Crippen molar-refractivity contribution in [1.82, 2.24) is 9.97 Å². The molecule has 1 heterocycles. The van der Waals surface area contributed by atoms with Crippen LogP contribution in [0.4, 0.5) is 15.8 Å². The van der Waals surface area contributed by atoms with Crippen LogP contribution in [0.3, 0.4) is 0 Å². The molecule has 2 N–H and O–H groups in total. The van der Waals surface area contributed by atoms with Crippen LogP contribution >= 0.6 is 0 Å². The summed E-state index contributed by atoms with van der Waals surface area (Å²) in [4.78, 5) is 20.7. The van der Waals surface area contributed by atoms with E-state index in [4.69, 9.17) is 0 Å². The summed E-state index contributed by atoms with van der Waals surface area (Å²) < 4.78 is 13.5. The largest absolute Gasteiger partial charge is 0.381 e. The maximum atomic E-state index is 13.5. The highest BCUT2D eigenvalue weighted by Gasteiger charge is 2.23. The summed E-state index contributed by atoms with van der Waals surface area (Å²) in [7, 11) is 0. The third kappa shape index (κ3) is 3.64. The zero-order valence-electron chi connectivity index (χ0n) is 13.1. The van der Waals surface area contributed by atoms with Crippen LogP contribution in [0.25, 0.3) is 0 Å². The summed E-state index contributed by atoms with van der Waals surface area (Å²) in [6.45, 7) is 3.94. The van der Waals surface area contributed by atoms with E-state index in [-0.39, 0.29) is 17.6 Å². The van der Waals surface area contributed by atoms with Gasteiger partial charge in [-0.2, -0.15) is 0 Å². The molecule has 0 radical (unpaired) electrons. The first-order chi connectivity index (χ1) is 11.0. The van der Waals surface area contributed by atoms with Crippen LogP contribution in [0.5, 0.6) is 0 Å². The van der Waals surface area contributed by atoms with Crippen molar-refractivity contribution in [3.05, 3.63) is 47.8 Å². The Balaban J connectivity index is 1.85. The standard InChI is InChI=1S/C17H19FN4O/c1-10(2)16-13(8-19-9-20-16)17(23)22-14-6-3-11(18)7-15(14)21-12-4-5-12/h3,6-10,12,21H,4-5H2,1-2H3,(H,22,23). The van der Waals surface area contributed by atoms with Gasteiger partial charge in [-0.05, 0) is 37.0 Å². The molecule has 0 spiro atoms. The number of carbonyl (C=O) groups excluding carboxylic acids is 1. The van der Waals surface area contributed by atoms with Gasteiger partial charge in [-0.25, -0.2) is 14.4 Å². The molecule has 6 heteroatoms. The third-order valence-electron chi connectivity index (χ3n) is 3.70. The number of rotatable bonds is 5. The fourth-order valence-electron chi connectivity index (χ4n) is 2.36. The first-order valence-electron chi connectivity index (χ1n) is 7.72. The van der Waals surface area contributed by atoms with Gasteiger partial charge in [0.25, 0.3) is 5.91 Å². The lowest BCUT2D eigenvalue weighted by atomic mass is 10.0. The number of anilines is 2. The number of hydrogen-bond acceptors (Lipinski definition) is 4. The van der Waals surface area contributed by atoms with Crippen molar-refractivity contribution in [2.45, 2.75) is 38.6 Å². The molecule has 1 amide bonds. The summed E-state index contributed by atoms with van der Waals surface area (Å²) in [5, 5.41) is 6.07. The van der Waals surface area contributed by atoms with Gasteiger partial charge >= 0.3 is 0 Å². The topological polar surface area (TPSA) is 66.9 Å². The summed E-state index contributed by atoms with van der Waals surface area (Å²) >= 11 is 0. The molecule has 1 saturated carbocycles. The Morgan fingerprint density at radius 2 is 2.09 bits per heavy atom. The van der Waals surface area contributed by atoms with Crippen LogP contribution in [0.2, 0.25) is 0 Å². The van der Waals surface area contributed by atoms with Gasteiger partial charge in [0.05, 0.1) is 22.6 Å². The van der Waals surface area contributed by atoms with E-state index in [0.29, 0.717) is 28.7 Å². The molecular formula is C17H19FN4O. The fraction of sp³-hybridized carbons (Fsp3) is 0.353. The van der Waals surface area contributed by atoms with Gasteiger partial charge in [-0.15, -0.1) is 0 Å². The fourth-order valence-corrected chi connectivity index (χ4v) is 2.36. The Labute approximate surface area is 134 Å². The van der Waals surface area contributed by atoms with Crippen LogP contribution in [0.15, 0.2) is 30.7 Å². The SMILES string of the molecule is CC(C)c1ncncc1C(=O)Nc1ccc(F)cc1NC1CC1. The van der Waals surface area contributed by atoms with Gasteiger partial charge in [0.1, 0.15) is 12.1 Å². The monoisotopic (exact) mass is 314 g/mol. The molecule has 120 valence electrons. The molecule has 1 aromatic carbocycles. The minimum absolute atomic E-state index is 0.107. The predicted octanol–water partition coefficient (Wildman–Crippen LogP) is 3.57. The Hall–Kier alpha value is -2.50. The van der Waals surface area contributed by atoms with Crippen LogP contribution in [-0.2, 0) is 0 Å². The predicted molar refractivity (Wildman–Crippen MR) is 87.1 cm³/mol. The van der Waals surface area contributed by atoms with Crippen molar-refractivity contribution in [1.29, 1.82) is 0 Å². The van der Waals surface area contributed by atoms with E-state index < -0.39 is 0 Å². The van der Waals surface area contributed by atoms with Gasteiger partial charge < -0.3 is 10.6 Å². The average Bonchev–Trinajstić information content (AvgIpc) is 3.34. The van der Waals surface area contributed by atoms with Crippen LogP contribution in [0, 0.1) is 5.82 Å². The van der Waals surface area contributed by atoms with Crippen molar-refractivity contribution >= 4 is 17.3 Å². The molecule has 0 bridgehead atoms. The van der Waals surface area contributed by atoms with Crippen molar-refractivity contribution in [2.75, 3.05) is 10.6 Å². The van der Waals surface area contributed by atoms with E-state index in [0.717, 1.165) is 12.8 Å². The van der Waals surface area contributed by atoms with Crippen molar-refractivity contribution in [2.24, 2.45) is 0 Å². The Morgan fingerprint density at radius 1 is 1.30 bits per heavy atom. The van der Waals surface area contributed by atoms with Crippen molar-refractivity contribution in [3.63, 3.8) is 0 Å². The smallest absolute Gasteiger partial charge is 0.259 e. The summed E-state index contributed by atoms with van der Waals surface area (Å²) in [6.07, 6.45) is 5.07. The maximum absolute atomic E-state index is 13.5. The Bertz CT molecular complexity index is 728. The quantitative estimate of drug-likeness (QED) is 0.885. The number of nitrogens with one attached hydrogen (secondary N) is 2. The van der Waals surface area contributed by atoms with E-state index in [1.165, 1.54) is 24.7 Å². The second-order valence-corrected chi connectivity index (χ2v) is 6.04. The summed E-state index contributed by atoms with van der Waals surface area (Å²) in [5.41, 5.74) is 2.28. The normalized spacial score (nSPS) is 13.9. The lowest BCUT2D eigenvalue weighted by Crippen LogP contribution is -2.17. The molecule has 1 fully saturated rings. The Kier molecular flexibility index (Phi) is 4.23. The first-order valence-corrected chi connectivity index (χ1v) is 7.72. The highest BCUT2D eigenvalue weighted by atomic mass is 19.1. The first kappa shape index (κ1) is 15.4. The van der Waals surface area contributed by atoms with E-state index in [1.54, 1.807) is 6.07 Å². The number of amides is 1. The van der Waals surface area contributed by atoms with Crippen LogP contribution in [0.1, 0.15) is 48.7 Å². The van der Waals surface area contributed by atoms with E-state index >= 15 is 0 Å². The van der Waals surface area contributed by atoms with E-state index in [2.05, 4.69) is 20.6 Å². The second-order valence-electron chi connectivity index (χ2n) is 6.04. The number of halogens is 1. The molecule has 1 aromatic heterocycles. The molecule has 0 saturated heterocycles. The van der Waals surface area contributed by atoms with Gasteiger partial charge in [0, 0.05) is 12.2 Å². The molecule has 1 aliphatic rings. The molecule has 0 atom stereocenters.